The molecular formula is C13H15NO5. The number of aromatic carboxylic acids is 1. The van der Waals surface area contributed by atoms with Gasteiger partial charge in [0, 0.05) is 7.05 Å². The molecule has 0 spiro atoms. The van der Waals surface area contributed by atoms with Gasteiger partial charge in [-0.2, -0.15) is 0 Å². The number of hydrogen-bond donors (Lipinski definition) is 1. The summed E-state index contributed by atoms with van der Waals surface area (Å²) in [6.07, 6.45) is -0.0734. The molecule has 0 heterocycles. The first kappa shape index (κ1) is 14.7. The monoisotopic (exact) mass is 265 g/mol. The molecule has 19 heavy (non-hydrogen) atoms. The van der Waals surface area contributed by atoms with Gasteiger partial charge in [0.2, 0.25) is 5.91 Å². The zero-order chi connectivity index (χ0) is 14.4. The minimum Gasteiger partial charge on any atom is -0.478 e. The van der Waals surface area contributed by atoms with E-state index in [2.05, 4.69) is 4.74 Å². The number of carboxylic acids is 1. The summed E-state index contributed by atoms with van der Waals surface area (Å²) in [5, 5.41) is 9.00. The number of nitrogens with zero attached hydrogens (tertiary/aromatic N) is 1. The number of carbonyl (C=O) groups excluding carboxylic acids is 2. The van der Waals surface area contributed by atoms with Gasteiger partial charge >= 0.3 is 11.9 Å². The highest BCUT2D eigenvalue weighted by Gasteiger charge is 2.17. The van der Waals surface area contributed by atoms with Gasteiger partial charge in [-0.15, -0.1) is 0 Å². The molecule has 6 heteroatoms. The van der Waals surface area contributed by atoms with Crippen LogP contribution >= 0.6 is 0 Å². The molecule has 1 rings (SSSR count). The van der Waals surface area contributed by atoms with E-state index in [1.165, 1.54) is 25.1 Å². The van der Waals surface area contributed by atoms with E-state index < -0.39 is 11.9 Å². The number of methoxy groups -OCH3 is 1. The number of ether oxygens (including phenoxy) is 1. The average molecular weight is 265 g/mol. The van der Waals surface area contributed by atoms with Gasteiger partial charge in [-0.1, -0.05) is 18.2 Å². The van der Waals surface area contributed by atoms with Crippen molar-refractivity contribution in [1.82, 2.24) is 4.90 Å². The topological polar surface area (TPSA) is 83.9 Å². The maximum Gasteiger partial charge on any atom is 0.335 e. The van der Waals surface area contributed by atoms with Crippen LogP contribution in [0.5, 0.6) is 0 Å². The van der Waals surface area contributed by atoms with Crippen molar-refractivity contribution in [2.75, 3.05) is 20.7 Å². The molecule has 6 nitrogen and oxygen atoms in total. The summed E-state index contributed by atoms with van der Waals surface area (Å²) in [5.74, 6) is -1.96. The van der Waals surface area contributed by atoms with Crippen LogP contribution in [0, 0.1) is 0 Å². The summed E-state index contributed by atoms with van der Waals surface area (Å²) in [4.78, 5) is 35.1. The fourth-order valence-electron chi connectivity index (χ4n) is 1.53. The normalized spacial score (nSPS) is 9.79. The van der Waals surface area contributed by atoms with Gasteiger partial charge in [-0.25, -0.2) is 4.79 Å². The number of carbonyl (C=O) groups is 3. The SMILES string of the molecule is COC(=O)CN(C)C(=O)Cc1ccccc1C(=O)O. The zero-order valence-electron chi connectivity index (χ0n) is 10.8. The standard InChI is InChI=1S/C13H15NO5/c1-14(8-12(16)19-2)11(15)7-9-5-3-4-6-10(9)13(17)18/h3-6H,7-8H2,1-2H3,(H,17,18). The van der Waals surface area contributed by atoms with E-state index in [0.29, 0.717) is 5.56 Å². The first-order chi connectivity index (χ1) is 8.95. The van der Waals surface area contributed by atoms with E-state index >= 15 is 0 Å². The summed E-state index contributed by atoms with van der Waals surface area (Å²) < 4.78 is 4.46. The minimum absolute atomic E-state index is 0.0734. The Kier molecular flexibility index (Phi) is 5.05. The molecule has 1 amide bonds. The van der Waals surface area contributed by atoms with Crippen molar-refractivity contribution in [3.05, 3.63) is 35.4 Å². The second-order valence-electron chi connectivity index (χ2n) is 3.97. The van der Waals surface area contributed by atoms with Gasteiger partial charge in [0.1, 0.15) is 6.54 Å². The van der Waals surface area contributed by atoms with E-state index in [9.17, 15) is 14.4 Å². The van der Waals surface area contributed by atoms with Crippen LogP contribution < -0.4 is 0 Å². The molecule has 0 radical (unpaired) electrons. The molecule has 1 aromatic rings. The molecular weight excluding hydrogens is 250 g/mol. The van der Waals surface area contributed by atoms with Crippen molar-refractivity contribution < 1.29 is 24.2 Å². The third kappa shape index (κ3) is 4.09. The van der Waals surface area contributed by atoms with Gasteiger partial charge < -0.3 is 14.7 Å². The van der Waals surface area contributed by atoms with Crippen molar-refractivity contribution in [2.24, 2.45) is 0 Å². The lowest BCUT2D eigenvalue weighted by Crippen LogP contribution is -2.34. The summed E-state index contributed by atoms with van der Waals surface area (Å²) in [7, 11) is 2.70. The molecule has 0 aliphatic rings. The van der Waals surface area contributed by atoms with Crippen LogP contribution in [-0.2, 0) is 20.7 Å². The van der Waals surface area contributed by atoms with E-state index in [0.717, 1.165) is 0 Å². The van der Waals surface area contributed by atoms with Crippen LogP contribution in [0.15, 0.2) is 24.3 Å². The van der Waals surface area contributed by atoms with E-state index in [-0.39, 0.29) is 24.4 Å². The predicted octanol–water partition coefficient (Wildman–Crippen LogP) is 0.559. The third-order valence-electron chi connectivity index (χ3n) is 2.61. The lowest BCUT2D eigenvalue weighted by atomic mass is 10.0. The maximum atomic E-state index is 11.9. The zero-order valence-corrected chi connectivity index (χ0v) is 10.8. The smallest absolute Gasteiger partial charge is 0.335 e. The molecule has 0 unspecified atom stereocenters. The van der Waals surface area contributed by atoms with Crippen LogP contribution in [0.3, 0.4) is 0 Å². The Morgan fingerprint density at radius 2 is 1.89 bits per heavy atom. The quantitative estimate of drug-likeness (QED) is 0.786. The minimum atomic E-state index is -1.08. The Morgan fingerprint density at radius 3 is 2.47 bits per heavy atom. The van der Waals surface area contributed by atoms with Gasteiger partial charge in [0.25, 0.3) is 0 Å². The Morgan fingerprint density at radius 1 is 1.26 bits per heavy atom. The number of amides is 1. The van der Waals surface area contributed by atoms with Crippen LogP contribution in [0.1, 0.15) is 15.9 Å². The summed E-state index contributed by atoms with van der Waals surface area (Å²) in [6.45, 7) is -0.162. The van der Waals surface area contributed by atoms with Gasteiger partial charge in [-0.05, 0) is 11.6 Å². The van der Waals surface area contributed by atoms with Crippen molar-refractivity contribution >= 4 is 17.8 Å². The lowest BCUT2D eigenvalue weighted by molar-refractivity contribution is -0.145. The molecule has 1 aromatic carbocycles. The molecule has 102 valence electrons. The van der Waals surface area contributed by atoms with Crippen LogP contribution in [-0.4, -0.2) is 48.6 Å². The highest BCUT2D eigenvalue weighted by molar-refractivity contribution is 5.92. The Hall–Kier alpha value is -2.37. The summed E-state index contributed by atoms with van der Waals surface area (Å²) >= 11 is 0. The molecule has 0 saturated carbocycles. The molecule has 1 N–H and O–H groups in total. The Balaban J connectivity index is 2.77. The Bertz CT molecular complexity index is 498. The molecule has 0 atom stereocenters. The van der Waals surface area contributed by atoms with E-state index in [1.807, 2.05) is 0 Å². The van der Waals surface area contributed by atoms with Crippen molar-refractivity contribution in [2.45, 2.75) is 6.42 Å². The Labute approximate surface area is 110 Å². The first-order valence-electron chi connectivity index (χ1n) is 5.57. The second kappa shape index (κ2) is 6.53. The highest BCUT2D eigenvalue weighted by Crippen LogP contribution is 2.10. The van der Waals surface area contributed by atoms with Crippen LogP contribution in [0.2, 0.25) is 0 Å². The fraction of sp³-hybridized carbons (Fsp3) is 0.308. The third-order valence-corrected chi connectivity index (χ3v) is 2.61. The van der Waals surface area contributed by atoms with Gasteiger partial charge in [-0.3, -0.25) is 9.59 Å². The van der Waals surface area contributed by atoms with Crippen molar-refractivity contribution in [1.29, 1.82) is 0 Å². The predicted molar refractivity (Wildman–Crippen MR) is 66.8 cm³/mol. The number of benzene rings is 1. The molecule has 0 fully saturated rings. The molecule has 0 saturated heterocycles. The average Bonchev–Trinajstić information content (AvgIpc) is 2.38. The molecule has 0 bridgehead atoms. The first-order valence-corrected chi connectivity index (χ1v) is 5.57. The summed E-state index contributed by atoms with van der Waals surface area (Å²) in [6, 6.07) is 6.27. The van der Waals surface area contributed by atoms with E-state index in [4.69, 9.17) is 5.11 Å². The van der Waals surface area contributed by atoms with Crippen LogP contribution in [0.4, 0.5) is 0 Å². The number of likely N-dealkylation sites (N-methyl/N-ethyl adjacent to an activating group) is 1. The second-order valence-corrected chi connectivity index (χ2v) is 3.97. The number of carboxylic acid groups (broad SMARTS) is 1. The van der Waals surface area contributed by atoms with Crippen molar-refractivity contribution in [3.8, 4) is 0 Å². The molecule has 0 aliphatic carbocycles. The van der Waals surface area contributed by atoms with E-state index in [1.54, 1.807) is 18.2 Å². The number of rotatable bonds is 5. The summed E-state index contributed by atoms with van der Waals surface area (Å²) in [5.41, 5.74) is 0.499. The van der Waals surface area contributed by atoms with Crippen molar-refractivity contribution in [3.63, 3.8) is 0 Å². The van der Waals surface area contributed by atoms with Gasteiger partial charge in [0.05, 0.1) is 19.1 Å². The molecule has 0 aliphatic heterocycles. The number of esters is 1. The van der Waals surface area contributed by atoms with Crippen LogP contribution in [0.25, 0.3) is 0 Å². The highest BCUT2D eigenvalue weighted by atomic mass is 16.5. The molecule has 0 aromatic heterocycles. The lowest BCUT2D eigenvalue weighted by Gasteiger charge is -2.16. The number of hydrogen-bond acceptors (Lipinski definition) is 4. The fourth-order valence-corrected chi connectivity index (χ4v) is 1.53. The van der Waals surface area contributed by atoms with Gasteiger partial charge in [0.15, 0.2) is 0 Å². The maximum absolute atomic E-state index is 11.9. The largest absolute Gasteiger partial charge is 0.478 e.